The molecule has 0 bridgehead atoms. The zero-order chi connectivity index (χ0) is 13.8. The van der Waals surface area contributed by atoms with Gasteiger partial charge < -0.3 is 10.2 Å². The maximum Gasteiger partial charge on any atom is 0.254 e. The average molecular weight is 393 g/mol. The van der Waals surface area contributed by atoms with Gasteiger partial charge in [-0.3, -0.25) is 4.79 Å². The predicted molar refractivity (Wildman–Crippen MR) is 86.7 cm³/mol. The molecule has 0 unspecified atom stereocenters. The molecular weight excluding hydrogens is 375 g/mol. The Morgan fingerprint density at radius 1 is 1.47 bits per heavy atom. The Hall–Kier alpha value is -0.330. The number of carbonyl (C=O) groups is 1. The highest BCUT2D eigenvalue weighted by Crippen LogP contribution is 2.20. The smallest absolute Gasteiger partial charge is 0.254 e. The predicted octanol–water partition coefficient (Wildman–Crippen LogP) is 3.02. The maximum absolute atomic E-state index is 12.4. The number of carbonyl (C=O) groups excluding carboxylic acids is 1. The van der Waals surface area contributed by atoms with E-state index in [0.717, 1.165) is 36.0 Å². The zero-order valence-corrected chi connectivity index (χ0v) is 13.9. The Bertz CT molecular complexity index is 461. The van der Waals surface area contributed by atoms with Crippen molar-refractivity contribution in [3.05, 3.63) is 32.4 Å². The van der Waals surface area contributed by atoms with Crippen molar-refractivity contribution in [2.24, 2.45) is 5.92 Å². The molecule has 0 radical (unpaired) electrons. The van der Waals surface area contributed by atoms with Gasteiger partial charge in [0.25, 0.3) is 5.91 Å². The monoisotopic (exact) mass is 392 g/mol. The van der Waals surface area contributed by atoms with Gasteiger partial charge >= 0.3 is 0 Å². The normalized spacial score (nSPS) is 16.4. The van der Waals surface area contributed by atoms with Gasteiger partial charge in [-0.25, -0.2) is 0 Å². The van der Waals surface area contributed by atoms with Crippen LogP contribution in [0, 0.1) is 9.49 Å². The number of amides is 1. The van der Waals surface area contributed by atoms with Crippen molar-refractivity contribution >= 4 is 40.1 Å². The lowest BCUT2D eigenvalue weighted by molar-refractivity contribution is 0.0761. The van der Waals surface area contributed by atoms with Crippen LogP contribution >= 0.6 is 34.2 Å². The number of benzene rings is 1. The van der Waals surface area contributed by atoms with Crippen LogP contribution in [0.5, 0.6) is 0 Å². The second-order valence-corrected chi connectivity index (χ2v) is 6.60. The van der Waals surface area contributed by atoms with E-state index in [1.807, 2.05) is 24.1 Å². The summed E-state index contributed by atoms with van der Waals surface area (Å²) in [5.74, 6) is 0.664. The first-order chi connectivity index (χ1) is 9.08. The number of piperidine rings is 1. The van der Waals surface area contributed by atoms with E-state index >= 15 is 0 Å². The van der Waals surface area contributed by atoms with Gasteiger partial charge in [-0.15, -0.1) is 0 Å². The number of halogens is 2. The Labute approximate surface area is 132 Å². The third-order valence-electron chi connectivity index (χ3n) is 3.50. The number of hydrogen-bond donors (Lipinski definition) is 1. The fourth-order valence-electron chi connectivity index (χ4n) is 2.40. The van der Waals surface area contributed by atoms with Crippen molar-refractivity contribution in [2.75, 3.05) is 26.7 Å². The Morgan fingerprint density at radius 2 is 2.16 bits per heavy atom. The Kier molecular flexibility index (Phi) is 5.47. The Balaban J connectivity index is 2.03. The minimum Gasteiger partial charge on any atom is -0.341 e. The van der Waals surface area contributed by atoms with Gasteiger partial charge in [-0.05, 0) is 72.6 Å². The van der Waals surface area contributed by atoms with E-state index in [1.165, 1.54) is 0 Å². The highest BCUT2D eigenvalue weighted by molar-refractivity contribution is 14.1. The number of nitrogens with zero attached hydrogens (tertiary/aromatic N) is 1. The van der Waals surface area contributed by atoms with Crippen molar-refractivity contribution in [1.29, 1.82) is 0 Å². The van der Waals surface area contributed by atoms with Crippen molar-refractivity contribution in [3.8, 4) is 0 Å². The Morgan fingerprint density at radius 3 is 2.84 bits per heavy atom. The lowest BCUT2D eigenvalue weighted by atomic mass is 9.97. The first-order valence-electron chi connectivity index (χ1n) is 6.49. The molecule has 3 nitrogen and oxygen atoms in total. The molecule has 0 aliphatic carbocycles. The van der Waals surface area contributed by atoms with Gasteiger partial charge in [0, 0.05) is 22.2 Å². The standard InChI is InChI=1S/C14H18ClIN2O/c1-18(9-10-4-6-17-7-5-10)14(19)12-8-11(15)2-3-13(12)16/h2-3,8,10,17H,4-7,9H2,1H3. The lowest BCUT2D eigenvalue weighted by Crippen LogP contribution is -2.37. The van der Waals surface area contributed by atoms with E-state index in [9.17, 15) is 4.79 Å². The van der Waals surface area contributed by atoms with Gasteiger partial charge in [0.1, 0.15) is 0 Å². The van der Waals surface area contributed by atoms with E-state index < -0.39 is 0 Å². The molecule has 0 aromatic heterocycles. The van der Waals surface area contributed by atoms with Crippen molar-refractivity contribution in [3.63, 3.8) is 0 Å². The zero-order valence-electron chi connectivity index (χ0n) is 11.0. The highest BCUT2D eigenvalue weighted by atomic mass is 127. The summed E-state index contributed by atoms with van der Waals surface area (Å²) >= 11 is 8.16. The van der Waals surface area contributed by atoms with Crippen LogP contribution in [-0.2, 0) is 0 Å². The van der Waals surface area contributed by atoms with Crippen molar-refractivity contribution in [1.82, 2.24) is 10.2 Å². The number of hydrogen-bond acceptors (Lipinski definition) is 2. The van der Waals surface area contributed by atoms with Crippen LogP contribution in [0.25, 0.3) is 0 Å². The molecule has 1 aliphatic rings. The van der Waals surface area contributed by atoms with E-state index in [2.05, 4.69) is 27.9 Å². The van der Waals surface area contributed by atoms with Crippen LogP contribution in [0.15, 0.2) is 18.2 Å². The van der Waals surface area contributed by atoms with Gasteiger partial charge in [-0.1, -0.05) is 11.6 Å². The molecule has 0 atom stereocenters. The van der Waals surface area contributed by atoms with Gasteiger partial charge in [0.2, 0.25) is 0 Å². The van der Waals surface area contributed by atoms with Crippen LogP contribution in [0.1, 0.15) is 23.2 Å². The first kappa shape index (κ1) is 15.1. The summed E-state index contributed by atoms with van der Waals surface area (Å²) in [5, 5.41) is 3.95. The molecule has 1 N–H and O–H groups in total. The first-order valence-corrected chi connectivity index (χ1v) is 7.95. The highest BCUT2D eigenvalue weighted by Gasteiger charge is 2.20. The topological polar surface area (TPSA) is 32.3 Å². The molecule has 1 amide bonds. The summed E-state index contributed by atoms with van der Waals surface area (Å²) in [6.07, 6.45) is 2.29. The molecule has 1 heterocycles. The summed E-state index contributed by atoms with van der Waals surface area (Å²) in [7, 11) is 1.88. The van der Waals surface area contributed by atoms with Crippen LogP contribution in [-0.4, -0.2) is 37.5 Å². The SMILES string of the molecule is CN(CC1CCNCC1)C(=O)c1cc(Cl)ccc1I. The molecular formula is C14H18ClIN2O. The third kappa shape index (κ3) is 4.07. The fourth-order valence-corrected chi connectivity index (χ4v) is 3.14. The van der Waals surface area contributed by atoms with Crippen molar-refractivity contribution < 1.29 is 4.79 Å². The summed E-state index contributed by atoms with van der Waals surface area (Å²) in [6, 6.07) is 5.45. The minimum absolute atomic E-state index is 0.0606. The molecule has 1 aromatic rings. The number of rotatable bonds is 3. The third-order valence-corrected chi connectivity index (χ3v) is 4.67. The van der Waals surface area contributed by atoms with Crippen LogP contribution in [0.4, 0.5) is 0 Å². The summed E-state index contributed by atoms with van der Waals surface area (Å²) in [5.41, 5.74) is 0.699. The van der Waals surface area contributed by atoms with E-state index in [0.29, 0.717) is 16.5 Å². The summed E-state index contributed by atoms with van der Waals surface area (Å²) < 4.78 is 0.948. The molecule has 0 saturated carbocycles. The molecule has 1 fully saturated rings. The molecule has 1 saturated heterocycles. The van der Waals surface area contributed by atoms with Crippen molar-refractivity contribution in [2.45, 2.75) is 12.8 Å². The van der Waals surface area contributed by atoms with Crippen LogP contribution < -0.4 is 5.32 Å². The molecule has 19 heavy (non-hydrogen) atoms. The summed E-state index contributed by atoms with van der Waals surface area (Å²) in [4.78, 5) is 14.3. The largest absolute Gasteiger partial charge is 0.341 e. The quantitative estimate of drug-likeness (QED) is 0.802. The van der Waals surface area contributed by atoms with E-state index in [-0.39, 0.29) is 5.91 Å². The van der Waals surface area contributed by atoms with E-state index in [1.54, 1.807) is 6.07 Å². The molecule has 0 spiro atoms. The number of nitrogens with one attached hydrogen (secondary N) is 1. The minimum atomic E-state index is 0.0606. The maximum atomic E-state index is 12.4. The fraction of sp³-hybridized carbons (Fsp3) is 0.500. The van der Waals surface area contributed by atoms with Gasteiger partial charge in [0.15, 0.2) is 0 Å². The van der Waals surface area contributed by atoms with Gasteiger partial charge in [-0.2, -0.15) is 0 Å². The molecule has 104 valence electrons. The van der Waals surface area contributed by atoms with Crippen LogP contribution in [0.3, 0.4) is 0 Å². The second-order valence-electron chi connectivity index (χ2n) is 5.00. The molecule has 1 aliphatic heterocycles. The van der Waals surface area contributed by atoms with Gasteiger partial charge in [0.05, 0.1) is 5.56 Å². The molecule has 2 rings (SSSR count). The lowest BCUT2D eigenvalue weighted by Gasteiger charge is -2.27. The second kappa shape index (κ2) is 6.90. The molecule has 5 heteroatoms. The van der Waals surface area contributed by atoms with E-state index in [4.69, 9.17) is 11.6 Å². The average Bonchev–Trinajstić information content (AvgIpc) is 2.42. The summed E-state index contributed by atoms with van der Waals surface area (Å²) in [6.45, 7) is 2.94. The molecule has 1 aromatic carbocycles. The van der Waals surface area contributed by atoms with Crippen LogP contribution in [0.2, 0.25) is 5.02 Å².